The molecule has 0 nitrogen and oxygen atoms in total. The van der Waals surface area contributed by atoms with Crippen LogP contribution in [0.1, 0.15) is 59.8 Å². The summed E-state index contributed by atoms with van der Waals surface area (Å²) in [5.74, 6) is 4.05. The predicted octanol–water partition coefficient (Wildman–Crippen LogP) is 4.49. The normalized spacial score (nSPS) is 31.4. The van der Waals surface area contributed by atoms with Crippen LogP contribution in [-0.4, -0.2) is 0 Å². The fourth-order valence-electron chi connectivity index (χ4n) is 2.64. The van der Waals surface area contributed by atoms with Crippen LogP contribution < -0.4 is 0 Å². The van der Waals surface area contributed by atoms with Gasteiger partial charge >= 0.3 is 0 Å². The zero-order valence-corrected chi connectivity index (χ0v) is 9.84. The summed E-state index contributed by atoms with van der Waals surface area (Å²) < 4.78 is 0. The molecule has 0 radical (unpaired) electrons. The molecule has 0 aliphatic heterocycles. The summed E-state index contributed by atoms with van der Waals surface area (Å²) in [5.41, 5.74) is 0. The lowest BCUT2D eigenvalue weighted by molar-refractivity contribution is 0.358. The summed E-state index contributed by atoms with van der Waals surface area (Å²) in [6, 6.07) is 0. The molecule has 0 spiro atoms. The van der Waals surface area contributed by atoms with Crippen LogP contribution in [-0.2, 0) is 0 Å². The van der Waals surface area contributed by atoms with Crippen LogP contribution >= 0.6 is 0 Å². The molecule has 1 saturated carbocycles. The monoisotopic (exact) mass is 182 g/mol. The standard InChI is InChI=1S/C13H26/c1-5-6-10(2)7-11(3)8-13-9-12(13)4/h10-13H,5-9H2,1-4H3. The second kappa shape index (κ2) is 5.02. The van der Waals surface area contributed by atoms with Gasteiger partial charge in [-0.1, -0.05) is 40.5 Å². The maximum Gasteiger partial charge on any atom is -0.0383 e. The lowest BCUT2D eigenvalue weighted by Gasteiger charge is -2.16. The van der Waals surface area contributed by atoms with Crippen molar-refractivity contribution < 1.29 is 0 Å². The maximum absolute atomic E-state index is 2.44. The van der Waals surface area contributed by atoms with E-state index in [0.29, 0.717) is 0 Å². The summed E-state index contributed by atoms with van der Waals surface area (Å²) in [5, 5.41) is 0. The number of hydrogen-bond acceptors (Lipinski definition) is 0. The summed E-state index contributed by atoms with van der Waals surface area (Å²) in [6.07, 6.45) is 7.23. The molecule has 78 valence electrons. The highest BCUT2D eigenvalue weighted by atomic mass is 14.4. The number of rotatable bonds is 6. The molecule has 1 rings (SSSR count). The van der Waals surface area contributed by atoms with Gasteiger partial charge in [0, 0.05) is 0 Å². The molecule has 0 N–H and O–H groups in total. The molecule has 0 aromatic heterocycles. The largest absolute Gasteiger partial charge is 0.0654 e. The van der Waals surface area contributed by atoms with Gasteiger partial charge in [-0.25, -0.2) is 0 Å². The van der Waals surface area contributed by atoms with E-state index in [-0.39, 0.29) is 0 Å². The van der Waals surface area contributed by atoms with E-state index in [0.717, 1.165) is 23.7 Å². The zero-order chi connectivity index (χ0) is 9.84. The van der Waals surface area contributed by atoms with Crippen LogP contribution in [0.3, 0.4) is 0 Å². The Morgan fingerprint density at radius 1 is 1.23 bits per heavy atom. The van der Waals surface area contributed by atoms with Crippen molar-refractivity contribution in [2.45, 2.75) is 59.8 Å². The van der Waals surface area contributed by atoms with Gasteiger partial charge in [0.25, 0.3) is 0 Å². The van der Waals surface area contributed by atoms with Crippen LogP contribution in [0.2, 0.25) is 0 Å². The van der Waals surface area contributed by atoms with E-state index in [9.17, 15) is 0 Å². The van der Waals surface area contributed by atoms with E-state index in [2.05, 4.69) is 27.7 Å². The van der Waals surface area contributed by atoms with Crippen LogP contribution in [0.5, 0.6) is 0 Å². The third kappa shape index (κ3) is 4.15. The Morgan fingerprint density at radius 2 is 1.85 bits per heavy atom. The molecule has 0 aromatic rings. The first-order chi connectivity index (χ1) is 6.13. The molecular weight excluding hydrogens is 156 g/mol. The van der Waals surface area contributed by atoms with Gasteiger partial charge in [0.15, 0.2) is 0 Å². The van der Waals surface area contributed by atoms with E-state index >= 15 is 0 Å². The average Bonchev–Trinajstić information content (AvgIpc) is 2.65. The molecule has 0 bridgehead atoms. The van der Waals surface area contributed by atoms with Crippen molar-refractivity contribution in [1.82, 2.24) is 0 Å². The van der Waals surface area contributed by atoms with E-state index < -0.39 is 0 Å². The minimum atomic E-state index is 0.953. The summed E-state index contributed by atoms with van der Waals surface area (Å²) in [6.45, 7) is 9.55. The van der Waals surface area contributed by atoms with Gasteiger partial charge in [0.05, 0.1) is 0 Å². The summed E-state index contributed by atoms with van der Waals surface area (Å²) >= 11 is 0. The fraction of sp³-hybridized carbons (Fsp3) is 1.00. The van der Waals surface area contributed by atoms with Crippen LogP contribution in [0.15, 0.2) is 0 Å². The molecule has 0 heteroatoms. The highest BCUT2D eigenvalue weighted by molar-refractivity contribution is 4.83. The lowest BCUT2D eigenvalue weighted by Crippen LogP contribution is -2.04. The minimum absolute atomic E-state index is 0.953. The second-order valence-electron chi connectivity index (χ2n) is 5.44. The molecule has 1 aliphatic carbocycles. The van der Waals surface area contributed by atoms with Gasteiger partial charge in [0.1, 0.15) is 0 Å². The van der Waals surface area contributed by atoms with Crippen molar-refractivity contribution >= 4 is 0 Å². The van der Waals surface area contributed by atoms with Crippen molar-refractivity contribution in [3.63, 3.8) is 0 Å². The quantitative estimate of drug-likeness (QED) is 0.567. The average molecular weight is 182 g/mol. The zero-order valence-electron chi connectivity index (χ0n) is 9.84. The molecule has 0 heterocycles. The Kier molecular flexibility index (Phi) is 4.28. The van der Waals surface area contributed by atoms with Crippen LogP contribution in [0, 0.1) is 23.7 Å². The van der Waals surface area contributed by atoms with Crippen molar-refractivity contribution in [2.75, 3.05) is 0 Å². The van der Waals surface area contributed by atoms with E-state index in [1.165, 1.54) is 32.1 Å². The maximum atomic E-state index is 2.44. The summed E-state index contributed by atoms with van der Waals surface area (Å²) in [7, 11) is 0. The molecule has 1 fully saturated rings. The van der Waals surface area contributed by atoms with Crippen molar-refractivity contribution in [3.8, 4) is 0 Å². The molecule has 4 unspecified atom stereocenters. The van der Waals surface area contributed by atoms with E-state index in [1.807, 2.05) is 0 Å². The summed E-state index contributed by atoms with van der Waals surface area (Å²) in [4.78, 5) is 0. The SMILES string of the molecule is CCCC(C)CC(C)CC1CC1C. The lowest BCUT2D eigenvalue weighted by atomic mass is 9.90. The molecular formula is C13H26. The van der Waals surface area contributed by atoms with Gasteiger partial charge in [-0.15, -0.1) is 0 Å². The van der Waals surface area contributed by atoms with Crippen molar-refractivity contribution in [2.24, 2.45) is 23.7 Å². The fourth-order valence-corrected chi connectivity index (χ4v) is 2.64. The van der Waals surface area contributed by atoms with Gasteiger partial charge < -0.3 is 0 Å². The first kappa shape index (κ1) is 11.1. The van der Waals surface area contributed by atoms with Crippen LogP contribution in [0.25, 0.3) is 0 Å². The molecule has 13 heavy (non-hydrogen) atoms. The third-order valence-electron chi connectivity index (χ3n) is 3.57. The van der Waals surface area contributed by atoms with Crippen molar-refractivity contribution in [3.05, 3.63) is 0 Å². The Morgan fingerprint density at radius 3 is 2.31 bits per heavy atom. The second-order valence-corrected chi connectivity index (χ2v) is 5.44. The molecule has 4 atom stereocenters. The molecule has 0 amide bonds. The Hall–Kier alpha value is 0. The third-order valence-corrected chi connectivity index (χ3v) is 3.57. The van der Waals surface area contributed by atoms with Crippen LogP contribution in [0.4, 0.5) is 0 Å². The first-order valence-corrected chi connectivity index (χ1v) is 6.13. The smallest absolute Gasteiger partial charge is 0.0383 e. The molecule has 1 aliphatic rings. The highest BCUT2D eigenvalue weighted by Gasteiger charge is 2.33. The van der Waals surface area contributed by atoms with E-state index in [1.54, 1.807) is 0 Å². The van der Waals surface area contributed by atoms with Gasteiger partial charge in [-0.3, -0.25) is 0 Å². The van der Waals surface area contributed by atoms with Gasteiger partial charge in [-0.05, 0) is 42.9 Å². The van der Waals surface area contributed by atoms with Crippen molar-refractivity contribution in [1.29, 1.82) is 0 Å². The topological polar surface area (TPSA) is 0 Å². The molecule has 0 saturated heterocycles. The molecule has 0 aromatic carbocycles. The Labute approximate surface area is 84.1 Å². The van der Waals surface area contributed by atoms with Gasteiger partial charge in [-0.2, -0.15) is 0 Å². The minimum Gasteiger partial charge on any atom is -0.0654 e. The predicted molar refractivity (Wildman–Crippen MR) is 59.7 cm³/mol. The van der Waals surface area contributed by atoms with Gasteiger partial charge in [0.2, 0.25) is 0 Å². The van der Waals surface area contributed by atoms with E-state index in [4.69, 9.17) is 0 Å². The number of hydrogen-bond donors (Lipinski definition) is 0. The Bertz CT molecular complexity index is 139. The first-order valence-electron chi connectivity index (χ1n) is 6.13. The highest BCUT2D eigenvalue weighted by Crippen LogP contribution is 2.43. The Balaban J connectivity index is 2.06.